The summed E-state index contributed by atoms with van der Waals surface area (Å²) >= 11 is 0. The number of nitrogens with zero attached hydrogens (tertiary/aromatic N) is 1. The molecule has 1 saturated carbocycles. The highest BCUT2D eigenvalue weighted by Gasteiger charge is 2.50. The van der Waals surface area contributed by atoms with Gasteiger partial charge in [-0.1, -0.05) is 0 Å². The number of phenols is 1. The summed E-state index contributed by atoms with van der Waals surface area (Å²) in [7, 11) is 0. The molecule has 0 amide bonds. The summed E-state index contributed by atoms with van der Waals surface area (Å²) in [5, 5.41) is 20.3. The van der Waals surface area contributed by atoms with Gasteiger partial charge in [-0.05, 0) is 25.8 Å². The second-order valence-corrected chi connectivity index (χ2v) is 4.10. The minimum atomic E-state index is -0.684. The van der Waals surface area contributed by atoms with E-state index in [9.17, 15) is 20.0 Å². The van der Waals surface area contributed by atoms with Gasteiger partial charge in [0.2, 0.25) is 0 Å². The van der Waals surface area contributed by atoms with Crippen LogP contribution in [0.2, 0.25) is 0 Å². The van der Waals surface area contributed by atoms with Crippen molar-refractivity contribution in [3.8, 4) is 5.75 Å². The first-order chi connectivity index (χ1) is 7.47. The lowest BCUT2D eigenvalue weighted by atomic mass is 9.91. The number of Topliss-reactive ketones (excluding diaryl/α,β-unsaturated/α-hetero) is 1. The van der Waals surface area contributed by atoms with E-state index < -0.39 is 10.3 Å². The third kappa shape index (κ3) is 1.44. The first-order valence-electron chi connectivity index (χ1n) is 4.96. The van der Waals surface area contributed by atoms with Crippen LogP contribution in [-0.4, -0.2) is 15.8 Å². The lowest BCUT2D eigenvalue weighted by molar-refractivity contribution is -0.385. The largest absolute Gasteiger partial charge is 0.508 e. The van der Waals surface area contributed by atoms with E-state index in [2.05, 4.69) is 0 Å². The van der Waals surface area contributed by atoms with Crippen LogP contribution in [0.25, 0.3) is 0 Å². The number of non-ortho nitro benzene ring substituents is 1. The first kappa shape index (κ1) is 10.6. The monoisotopic (exact) mass is 221 g/mol. The summed E-state index contributed by atoms with van der Waals surface area (Å²) in [5.74, 6) is -0.0957. The normalized spacial score (nSPS) is 16.8. The van der Waals surface area contributed by atoms with E-state index in [1.54, 1.807) is 0 Å². The van der Waals surface area contributed by atoms with Gasteiger partial charge in [0.15, 0.2) is 0 Å². The molecule has 1 fully saturated rings. The van der Waals surface area contributed by atoms with E-state index in [1.807, 2.05) is 0 Å². The average Bonchev–Trinajstić information content (AvgIpc) is 2.98. The number of phenolic OH excluding ortho intramolecular Hbond substituents is 1. The van der Waals surface area contributed by atoms with Crippen LogP contribution >= 0.6 is 0 Å². The number of nitro groups is 1. The molecule has 1 aromatic rings. The van der Waals surface area contributed by atoms with Gasteiger partial charge in [-0.3, -0.25) is 14.9 Å². The highest BCUT2D eigenvalue weighted by Crippen LogP contribution is 2.52. The highest BCUT2D eigenvalue weighted by atomic mass is 16.6. The number of nitro benzene ring substituents is 1. The standard InChI is InChI=1S/C11H11NO4/c1-7(13)11(4-5-11)9-6-8(12(15)16)2-3-10(9)14/h2-3,6,14H,4-5H2,1H3. The maximum absolute atomic E-state index is 11.5. The molecule has 0 radical (unpaired) electrons. The zero-order valence-corrected chi connectivity index (χ0v) is 8.77. The topological polar surface area (TPSA) is 80.4 Å². The van der Waals surface area contributed by atoms with Crippen molar-refractivity contribution < 1.29 is 14.8 Å². The second-order valence-electron chi connectivity index (χ2n) is 4.10. The third-order valence-electron chi connectivity index (χ3n) is 3.13. The summed E-state index contributed by atoms with van der Waals surface area (Å²) in [6, 6.07) is 3.80. The van der Waals surface area contributed by atoms with E-state index in [0.29, 0.717) is 18.4 Å². The van der Waals surface area contributed by atoms with Crippen LogP contribution in [0.1, 0.15) is 25.3 Å². The summed E-state index contributed by atoms with van der Waals surface area (Å²) < 4.78 is 0. The summed E-state index contributed by atoms with van der Waals surface area (Å²) in [6.45, 7) is 1.45. The molecule has 5 nitrogen and oxygen atoms in total. The number of aromatic hydroxyl groups is 1. The molecule has 84 valence electrons. The van der Waals surface area contributed by atoms with Crippen molar-refractivity contribution in [2.75, 3.05) is 0 Å². The molecule has 2 rings (SSSR count). The van der Waals surface area contributed by atoms with E-state index in [0.717, 1.165) is 0 Å². The predicted molar refractivity (Wildman–Crippen MR) is 56.4 cm³/mol. The highest BCUT2D eigenvalue weighted by molar-refractivity contribution is 5.92. The van der Waals surface area contributed by atoms with Gasteiger partial charge < -0.3 is 5.11 Å². The molecule has 5 heteroatoms. The van der Waals surface area contributed by atoms with Crippen molar-refractivity contribution in [3.05, 3.63) is 33.9 Å². The number of benzene rings is 1. The molecular weight excluding hydrogens is 210 g/mol. The fourth-order valence-corrected chi connectivity index (χ4v) is 1.96. The number of ketones is 1. The molecule has 16 heavy (non-hydrogen) atoms. The van der Waals surface area contributed by atoms with Gasteiger partial charge in [0.05, 0.1) is 10.3 Å². The second kappa shape index (κ2) is 3.30. The minimum Gasteiger partial charge on any atom is -0.508 e. The van der Waals surface area contributed by atoms with Gasteiger partial charge in [0, 0.05) is 17.7 Å². The maximum Gasteiger partial charge on any atom is 0.270 e. The van der Waals surface area contributed by atoms with Gasteiger partial charge >= 0.3 is 0 Å². The lowest BCUT2D eigenvalue weighted by Crippen LogP contribution is -2.17. The number of hydrogen-bond acceptors (Lipinski definition) is 4. The fraction of sp³-hybridized carbons (Fsp3) is 0.364. The van der Waals surface area contributed by atoms with Gasteiger partial charge in [-0.15, -0.1) is 0 Å². The van der Waals surface area contributed by atoms with Crippen molar-refractivity contribution in [1.29, 1.82) is 0 Å². The van der Waals surface area contributed by atoms with Gasteiger partial charge in [0.1, 0.15) is 11.5 Å². The van der Waals surface area contributed by atoms with E-state index in [1.165, 1.54) is 25.1 Å². The number of hydrogen-bond donors (Lipinski definition) is 1. The van der Waals surface area contributed by atoms with Crippen LogP contribution in [0.4, 0.5) is 5.69 Å². The van der Waals surface area contributed by atoms with Crippen LogP contribution in [0.5, 0.6) is 5.75 Å². The van der Waals surface area contributed by atoms with Gasteiger partial charge in [-0.25, -0.2) is 0 Å². The number of carbonyl (C=O) groups excluding carboxylic acids is 1. The van der Waals surface area contributed by atoms with Crippen molar-refractivity contribution in [3.63, 3.8) is 0 Å². The molecule has 1 aromatic carbocycles. The summed E-state index contributed by atoms with van der Waals surface area (Å²) in [4.78, 5) is 21.6. The molecule has 1 aliphatic rings. The molecule has 0 atom stereocenters. The molecular formula is C11H11NO4. The molecule has 1 N–H and O–H groups in total. The Balaban J connectivity index is 2.52. The predicted octanol–water partition coefficient (Wildman–Crippen LogP) is 1.92. The van der Waals surface area contributed by atoms with Crippen LogP contribution < -0.4 is 0 Å². The van der Waals surface area contributed by atoms with Crippen LogP contribution in [-0.2, 0) is 10.2 Å². The van der Waals surface area contributed by atoms with Gasteiger partial charge in [-0.2, -0.15) is 0 Å². The first-order valence-corrected chi connectivity index (χ1v) is 4.96. The Morgan fingerprint density at radius 3 is 2.56 bits per heavy atom. The Kier molecular flexibility index (Phi) is 2.18. The molecule has 0 spiro atoms. The third-order valence-corrected chi connectivity index (χ3v) is 3.13. The Morgan fingerprint density at radius 1 is 1.50 bits per heavy atom. The van der Waals surface area contributed by atoms with Crippen LogP contribution in [0, 0.1) is 10.1 Å². The van der Waals surface area contributed by atoms with E-state index in [-0.39, 0.29) is 17.2 Å². The fourth-order valence-electron chi connectivity index (χ4n) is 1.96. The zero-order chi connectivity index (χ0) is 11.9. The van der Waals surface area contributed by atoms with Gasteiger partial charge in [0.25, 0.3) is 5.69 Å². The molecule has 0 aliphatic heterocycles. The average molecular weight is 221 g/mol. The van der Waals surface area contributed by atoms with Crippen molar-refractivity contribution in [1.82, 2.24) is 0 Å². The smallest absolute Gasteiger partial charge is 0.270 e. The Labute approximate surface area is 91.9 Å². The molecule has 0 bridgehead atoms. The van der Waals surface area contributed by atoms with Crippen molar-refractivity contribution in [2.24, 2.45) is 0 Å². The zero-order valence-electron chi connectivity index (χ0n) is 8.77. The molecule has 1 aliphatic carbocycles. The Morgan fingerprint density at radius 2 is 2.12 bits per heavy atom. The van der Waals surface area contributed by atoms with E-state index in [4.69, 9.17) is 0 Å². The maximum atomic E-state index is 11.5. The summed E-state index contributed by atoms with van der Waals surface area (Å²) in [6.07, 6.45) is 1.30. The molecule has 0 heterocycles. The van der Waals surface area contributed by atoms with Crippen LogP contribution in [0.3, 0.4) is 0 Å². The Hall–Kier alpha value is -1.91. The quantitative estimate of drug-likeness (QED) is 0.624. The number of carbonyl (C=O) groups is 1. The van der Waals surface area contributed by atoms with Crippen molar-refractivity contribution in [2.45, 2.75) is 25.2 Å². The van der Waals surface area contributed by atoms with Crippen molar-refractivity contribution >= 4 is 11.5 Å². The molecule has 0 aromatic heterocycles. The minimum absolute atomic E-state index is 0.0432. The molecule has 0 unspecified atom stereocenters. The lowest BCUT2D eigenvalue weighted by Gasteiger charge is -2.12. The Bertz CT molecular complexity index is 477. The SMILES string of the molecule is CC(=O)C1(c2cc([N+](=O)[O-])ccc2O)CC1. The van der Waals surface area contributed by atoms with E-state index >= 15 is 0 Å². The number of rotatable bonds is 3. The van der Waals surface area contributed by atoms with Crippen LogP contribution in [0.15, 0.2) is 18.2 Å². The molecule has 0 saturated heterocycles. The summed E-state index contributed by atoms with van der Waals surface area (Å²) in [5.41, 5.74) is -0.398.